The van der Waals surface area contributed by atoms with E-state index in [9.17, 15) is 4.79 Å². The Morgan fingerprint density at radius 3 is 2.91 bits per heavy atom. The molecule has 0 N–H and O–H groups in total. The van der Waals surface area contributed by atoms with E-state index in [0.29, 0.717) is 30.2 Å². The van der Waals surface area contributed by atoms with Gasteiger partial charge in [-0.25, -0.2) is 14.3 Å². The number of hydrogen-bond acceptors (Lipinski definition) is 4. The van der Waals surface area contributed by atoms with Gasteiger partial charge in [-0.05, 0) is 32.8 Å². The van der Waals surface area contributed by atoms with E-state index in [0.717, 1.165) is 11.1 Å². The van der Waals surface area contributed by atoms with Gasteiger partial charge in [0.15, 0.2) is 5.65 Å². The van der Waals surface area contributed by atoms with Gasteiger partial charge in [0.2, 0.25) is 0 Å². The zero-order valence-electron chi connectivity index (χ0n) is 14.3. The van der Waals surface area contributed by atoms with E-state index in [2.05, 4.69) is 10.1 Å². The van der Waals surface area contributed by atoms with Gasteiger partial charge in [-0.3, -0.25) is 0 Å². The summed E-state index contributed by atoms with van der Waals surface area (Å²) >= 11 is 6.34. The van der Waals surface area contributed by atoms with Crippen LogP contribution in [0.4, 0.5) is 4.79 Å². The Labute approximate surface area is 141 Å². The number of halogens is 1. The average molecular weight is 336 g/mol. The Hall–Kier alpha value is -2.08. The monoisotopic (exact) mass is 335 g/mol. The molecule has 1 aliphatic rings. The number of nitrogens with zero attached hydrogens (tertiary/aromatic N) is 4. The van der Waals surface area contributed by atoms with Crippen LogP contribution in [-0.4, -0.2) is 44.3 Å². The van der Waals surface area contributed by atoms with E-state index in [1.165, 1.54) is 0 Å². The first-order valence-electron chi connectivity index (χ1n) is 7.93. The highest BCUT2D eigenvalue weighted by atomic mass is 35.5. The molecule has 0 unspecified atom stereocenters. The summed E-state index contributed by atoms with van der Waals surface area (Å²) in [6, 6.07) is 1.70. The molecule has 0 bridgehead atoms. The van der Waals surface area contributed by atoms with Crippen molar-refractivity contribution in [2.75, 3.05) is 13.1 Å². The fourth-order valence-electron chi connectivity index (χ4n) is 2.44. The fourth-order valence-corrected chi connectivity index (χ4v) is 2.70. The molecule has 7 heteroatoms. The van der Waals surface area contributed by atoms with Crippen LogP contribution in [0.15, 0.2) is 24.6 Å². The lowest BCUT2D eigenvalue weighted by atomic mass is 10.0. The van der Waals surface area contributed by atoms with E-state index in [1.807, 2.05) is 26.8 Å². The van der Waals surface area contributed by atoms with Crippen LogP contribution in [0.3, 0.4) is 0 Å². The van der Waals surface area contributed by atoms with Crippen molar-refractivity contribution < 1.29 is 10.9 Å². The molecule has 122 valence electrons. The summed E-state index contributed by atoms with van der Waals surface area (Å²) in [4.78, 5) is 17.7. The molecule has 2 aromatic rings. The second-order valence-corrected chi connectivity index (χ2v) is 6.86. The molecule has 23 heavy (non-hydrogen) atoms. The molecular weight excluding hydrogens is 316 g/mol. The fraction of sp³-hybridized carbons (Fsp3) is 0.438. The molecule has 3 rings (SSSR count). The largest absolute Gasteiger partial charge is 0.444 e. The van der Waals surface area contributed by atoms with Crippen LogP contribution >= 0.6 is 11.6 Å². The average Bonchev–Trinajstić information content (AvgIpc) is 2.84. The van der Waals surface area contributed by atoms with Gasteiger partial charge in [0, 0.05) is 30.9 Å². The van der Waals surface area contributed by atoms with Crippen LogP contribution < -0.4 is 0 Å². The van der Waals surface area contributed by atoms with Crippen molar-refractivity contribution in [1.82, 2.24) is 19.5 Å². The highest BCUT2D eigenvalue weighted by molar-refractivity contribution is 6.32. The Kier molecular flexibility index (Phi) is 3.69. The van der Waals surface area contributed by atoms with Gasteiger partial charge in [0.25, 0.3) is 0 Å². The molecule has 3 heterocycles. The normalized spacial score (nSPS) is 16.3. The summed E-state index contributed by atoms with van der Waals surface area (Å²) in [5.74, 6) is 0. The van der Waals surface area contributed by atoms with Crippen molar-refractivity contribution in [3.8, 4) is 0 Å². The third-order valence-electron chi connectivity index (χ3n) is 3.52. The van der Waals surface area contributed by atoms with Gasteiger partial charge in [-0.2, -0.15) is 5.10 Å². The smallest absolute Gasteiger partial charge is 0.410 e. The molecular formula is C16H19ClN4O2. The van der Waals surface area contributed by atoms with Gasteiger partial charge in [0.05, 0.1) is 5.02 Å². The quantitative estimate of drug-likeness (QED) is 0.801. The predicted octanol–water partition coefficient (Wildman–Crippen LogP) is 3.41. The van der Waals surface area contributed by atoms with E-state index >= 15 is 0 Å². The first kappa shape index (κ1) is 14.5. The van der Waals surface area contributed by atoms with Crippen molar-refractivity contribution in [2.45, 2.75) is 32.8 Å². The van der Waals surface area contributed by atoms with Crippen LogP contribution in [0, 0.1) is 0 Å². The van der Waals surface area contributed by atoms with Gasteiger partial charge >= 0.3 is 6.09 Å². The van der Waals surface area contributed by atoms with Gasteiger partial charge < -0.3 is 9.64 Å². The molecule has 0 aromatic carbocycles. The van der Waals surface area contributed by atoms with Crippen LogP contribution in [0.25, 0.3) is 11.2 Å². The lowest BCUT2D eigenvalue weighted by molar-refractivity contribution is 0.0270. The first-order valence-corrected chi connectivity index (χ1v) is 7.80. The van der Waals surface area contributed by atoms with Crippen molar-refractivity contribution in [2.24, 2.45) is 0 Å². The summed E-state index contributed by atoms with van der Waals surface area (Å²) in [5, 5.41) is 4.56. The van der Waals surface area contributed by atoms with E-state index < -0.39 is 5.60 Å². The second kappa shape index (κ2) is 5.85. The predicted molar refractivity (Wildman–Crippen MR) is 88.4 cm³/mol. The lowest BCUT2D eigenvalue weighted by Gasteiger charge is -2.29. The molecule has 6 nitrogen and oxygen atoms in total. The number of amides is 1. The summed E-state index contributed by atoms with van der Waals surface area (Å²) < 4.78 is 14.4. The number of fused-ring (bicyclic) bond motifs is 1. The van der Waals surface area contributed by atoms with Crippen LogP contribution in [0.2, 0.25) is 5.02 Å². The second-order valence-electron chi connectivity index (χ2n) is 6.46. The van der Waals surface area contributed by atoms with Gasteiger partial charge in [-0.1, -0.05) is 17.7 Å². The Bertz CT molecular complexity index is 825. The number of aromatic nitrogens is 3. The summed E-state index contributed by atoms with van der Waals surface area (Å²) in [7, 11) is 0. The molecule has 0 saturated heterocycles. The Morgan fingerprint density at radius 1 is 1.48 bits per heavy atom. The number of ether oxygens (including phenoxy) is 1. The van der Waals surface area contributed by atoms with E-state index in [4.69, 9.17) is 17.7 Å². The molecule has 0 aliphatic carbocycles. The molecule has 0 saturated carbocycles. The maximum atomic E-state index is 12.1. The Morgan fingerprint density at radius 2 is 2.26 bits per heavy atom. The number of hydrogen-bond donors (Lipinski definition) is 0. The summed E-state index contributed by atoms with van der Waals surface area (Å²) in [5.41, 5.74) is 1.93. The first-order chi connectivity index (χ1) is 11.2. The zero-order chi connectivity index (χ0) is 17.5. The van der Waals surface area contributed by atoms with Crippen LogP contribution in [0.1, 0.15) is 34.1 Å². The third kappa shape index (κ3) is 3.47. The van der Waals surface area contributed by atoms with Crippen molar-refractivity contribution in [1.29, 1.82) is 0 Å². The third-order valence-corrected chi connectivity index (χ3v) is 3.84. The minimum atomic E-state index is -0.503. The van der Waals surface area contributed by atoms with Crippen molar-refractivity contribution >= 4 is 28.9 Å². The van der Waals surface area contributed by atoms with E-state index in [-0.39, 0.29) is 12.4 Å². The molecule has 0 atom stereocenters. The lowest BCUT2D eigenvalue weighted by Crippen LogP contribution is -2.39. The Balaban J connectivity index is 1.80. The highest BCUT2D eigenvalue weighted by Crippen LogP contribution is 2.29. The van der Waals surface area contributed by atoms with Crippen molar-refractivity contribution in [3.63, 3.8) is 0 Å². The molecule has 0 spiro atoms. The number of pyridine rings is 1. The standard InChI is InChI=1S/C16H19ClN4O2/c1-16(2,3)23-15(22)20-6-4-11(5-7-20)12-9-21-14(8-13(12)17)18-10-19-21/h4,8-10H,5-7H2,1-3H3/i10D. The van der Waals surface area contributed by atoms with Gasteiger partial charge in [-0.15, -0.1) is 0 Å². The summed E-state index contributed by atoms with van der Waals surface area (Å²) in [6.45, 7) is 6.59. The molecule has 0 radical (unpaired) electrons. The van der Waals surface area contributed by atoms with Crippen molar-refractivity contribution in [3.05, 3.63) is 35.2 Å². The molecule has 1 aliphatic heterocycles. The minimum Gasteiger partial charge on any atom is -0.444 e. The topological polar surface area (TPSA) is 59.7 Å². The van der Waals surface area contributed by atoms with Gasteiger partial charge in [0.1, 0.15) is 13.3 Å². The number of carbonyl (C=O) groups excluding carboxylic acids is 1. The molecule has 0 fully saturated rings. The minimum absolute atomic E-state index is 0.0445. The highest BCUT2D eigenvalue weighted by Gasteiger charge is 2.24. The number of rotatable bonds is 1. The molecule has 2 aromatic heterocycles. The van der Waals surface area contributed by atoms with Crippen LogP contribution in [0.5, 0.6) is 0 Å². The SMILES string of the molecule is [2H]c1nc2cc(Cl)c(C3=CCN(C(=O)OC(C)(C)C)CC3)cn2n1. The van der Waals surface area contributed by atoms with E-state index in [1.54, 1.807) is 21.7 Å². The number of carbonyl (C=O) groups is 1. The zero-order valence-corrected chi connectivity index (χ0v) is 14.1. The maximum Gasteiger partial charge on any atom is 0.410 e. The molecule has 1 amide bonds. The summed E-state index contributed by atoms with van der Waals surface area (Å²) in [6.07, 6.45) is 4.07. The maximum absolute atomic E-state index is 12.1. The van der Waals surface area contributed by atoms with Crippen LogP contribution in [-0.2, 0) is 4.74 Å².